The van der Waals surface area contributed by atoms with Gasteiger partial charge in [0.05, 0.1) is 5.60 Å². The minimum Gasteiger partial charge on any atom is -0.366 e. The fourth-order valence-electron chi connectivity index (χ4n) is 1.83. The van der Waals surface area contributed by atoms with Gasteiger partial charge in [-0.05, 0) is 52.7 Å². The first-order valence-corrected chi connectivity index (χ1v) is 6.21. The zero-order chi connectivity index (χ0) is 13.9. The molecule has 1 aromatic carbocycles. The molecule has 100 valence electrons. The van der Waals surface area contributed by atoms with E-state index in [1.54, 1.807) is 0 Å². The summed E-state index contributed by atoms with van der Waals surface area (Å²) >= 11 is 0. The van der Waals surface area contributed by atoms with Crippen molar-refractivity contribution < 1.29 is 9.53 Å². The molecule has 1 rings (SSSR count). The van der Waals surface area contributed by atoms with Crippen LogP contribution in [0.1, 0.15) is 37.5 Å². The molecule has 3 heteroatoms. The number of benzene rings is 1. The molecule has 0 aliphatic heterocycles. The summed E-state index contributed by atoms with van der Waals surface area (Å²) in [6.45, 7) is 11.9. The second-order valence-electron chi connectivity index (χ2n) is 5.72. The highest BCUT2D eigenvalue weighted by Crippen LogP contribution is 2.21. The van der Waals surface area contributed by atoms with Crippen molar-refractivity contribution in [1.29, 1.82) is 0 Å². The van der Waals surface area contributed by atoms with Gasteiger partial charge in [0.1, 0.15) is 6.61 Å². The Morgan fingerprint density at radius 3 is 2.11 bits per heavy atom. The Morgan fingerprint density at radius 2 is 1.67 bits per heavy atom. The van der Waals surface area contributed by atoms with Crippen molar-refractivity contribution in [3.63, 3.8) is 0 Å². The summed E-state index contributed by atoms with van der Waals surface area (Å²) in [5, 5.41) is 2.91. The molecule has 0 radical (unpaired) electrons. The highest BCUT2D eigenvalue weighted by atomic mass is 16.5. The van der Waals surface area contributed by atoms with E-state index in [4.69, 9.17) is 4.74 Å². The smallest absolute Gasteiger partial charge is 0.250 e. The van der Waals surface area contributed by atoms with E-state index in [-0.39, 0.29) is 18.1 Å². The molecule has 1 amide bonds. The number of ether oxygens (including phenoxy) is 1. The van der Waals surface area contributed by atoms with Crippen LogP contribution < -0.4 is 5.32 Å². The standard InChI is InChI=1S/C15H23NO2/c1-10-7-11(2)14(12(3)8-10)16-13(17)9-18-15(4,5)6/h7-8H,9H2,1-6H3,(H,16,17). The van der Waals surface area contributed by atoms with Crippen molar-refractivity contribution in [2.24, 2.45) is 0 Å². The average molecular weight is 249 g/mol. The van der Waals surface area contributed by atoms with Crippen LogP contribution in [0.4, 0.5) is 5.69 Å². The van der Waals surface area contributed by atoms with Crippen LogP contribution in [0.2, 0.25) is 0 Å². The average Bonchev–Trinajstić information content (AvgIpc) is 2.19. The highest BCUT2D eigenvalue weighted by Gasteiger charge is 2.14. The van der Waals surface area contributed by atoms with Crippen molar-refractivity contribution >= 4 is 11.6 Å². The van der Waals surface area contributed by atoms with E-state index in [0.717, 1.165) is 16.8 Å². The zero-order valence-corrected chi connectivity index (χ0v) is 12.2. The lowest BCUT2D eigenvalue weighted by atomic mass is 10.1. The van der Waals surface area contributed by atoms with E-state index in [1.807, 2.05) is 41.5 Å². The predicted octanol–water partition coefficient (Wildman–Crippen LogP) is 3.37. The third kappa shape index (κ3) is 4.49. The molecule has 0 spiro atoms. The summed E-state index contributed by atoms with van der Waals surface area (Å²) in [6, 6.07) is 4.13. The number of amides is 1. The fraction of sp³-hybridized carbons (Fsp3) is 0.533. The number of carbonyl (C=O) groups is 1. The van der Waals surface area contributed by atoms with Crippen LogP contribution in [0.5, 0.6) is 0 Å². The van der Waals surface area contributed by atoms with Gasteiger partial charge in [-0.2, -0.15) is 0 Å². The van der Waals surface area contributed by atoms with Crippen LogP contribution in [0, 0.1) is 20.8 Å². The Morgan fingerprint density at radius 1 is 1.17 bits per heavy atom. The van der Waals surface area contributed by atoms with Crippen LogP contribution in [0.3, 0.4) is 0 Å². The quantitative estimate of drug-likeness (QED) is 0.892. The number of carbonyl (C=O) groups excluding carboxylic acids is 1. The van der Waals surface area contributed by atoms with Gasteiger partial charge in [-0.25, -0.2) is 0 Å². The number of aryl methyl sites for hydroxylation is 3. The third-order valence-corrected chi connectivity index (χ3v) is 2.58. The number of hydrogen-bond donors (Lipinski definition) is 1. The van der Waals surface area contributed by atoms with E-state index in [1.165, 1.54) is 5.56 Å². The summed E-state index contributed by atoms with van der Waals surface area (Å²) < 4.78 is 5.45. The highest BCUT2D eigenvalue weighted by molar-refractivity contribution is 5.93. The lowest BCUT2D eigenvalue weighted by molar-refractivity contribution is -0.125. The maximum Gasteiger partial charge on any atom is 0.250 e. The lowest BCUT2D eigenvalue weighted by Gasteiger charge is -2.19. The topological polar surface area (TPSA) is 38.3 Å². The lowest BCUT2D eigenvalue weighted by Crippen LogP contribution is -2.27. The summed E-state index contributed by atoms with van der Waals surface area (Å²) in [6.07, 6.45) is 0. The Labute approximate surface area is 110 Å². The molecule has 0 heterocycles. The van der Waals surface area contributed by atoms with E-state index in [0.29, 0.717) is 0 Å². The van der Waals surface area contributed by atoms with E-state index >= 15 is 0 Å². The maximum absolute atomic E-state index is 11.8. The van der Waals surface area contributed by atoms with Crippen LogP contribution in [0.25, 0.3) is 0 Å². The minimum absolute atomic E-state index is 0.0796. The molecule has 0 atom stereocenters. The van der Waals surface area contributed by atoms with Gasteiger partial charge in [-0.3, -0.25) is 4.79 Å². The molecule has 0 fully saturated rings. The van der Waals surface area contributed by atoms with Crippen molar-refractivity contribution in [1.82, 2.24) is 0 Å². The van der Waals surface area contributed by atoms with Crippen LogP contribution >= 0.6 is 0 Å². The van der Waals surface area contributed by atoms with Gasteiger partial charge in [-0.15, -0.1) is 0 Å². The summed E-state index contributed by atoms with van der Waals surface area (Å²) in [4.78, 5) is 11.8. The molecule has 0 aromatic heterocycles. The maximum atomic E-state index is 11.8. The van der Waals surface area contributed by atoms with E-state index < -0.39 is 0 Å². The Balaban J connectivity index is 2.71. The molecule has 0 unspecified atom stereocenters. The molecular formula is C15H23NO2. The van der Waals surface area contributed by atoms with Gasteiger partial charge in [-0.1, -0.05) is 17.7 Å². The first-order chi connectivity index (χ1) is 8.19. The normalized spacial score (nSPS) is 11.4. The van der Waals surface area contributed by atoms with Gasteiger partial charge in [0, 0.05) is 5.69 Å². The zero-order valence-electron chi connectivity index (χ0n) is 12.2. The molecule has 0 saturated heterocycles. The second kappa shape index (κ2) is 5.53. The Bertz CT molecular complexity index is 421. The first-order valence-electron chi connectivity index (χ1n) is 6.21. The molecular weight excluding hydrogens is 226 g/mol. The Hall–Kier alpha value is -1.35. The summed E-state index contributed by atoms with van der Waals surface area (Å²) in [5.74, 6) is -0.111. The van der Waals surface area contributed by atoms with Gasteiger partial charge in [0.15, 0.2) is 0 Å². The van der Waals surface area contributed by atoms with Crippen LogP contribution in [0.15, 0.2) is 12.1 Å². The SMILES string of the molecule is Cc1cc(C)c(NC(=O)COC(C)(C)C)c(C)c1. The van der Waals surface area contributed by atoms with Gasteiger partial charge >= 0.3 is 0 Å². The predicted molar refractivity (Wildman–Crippen MR) is 75.0 cm³/mol. The Kier molecular flexibility index (Phi) is 4.52. The molecule has 0 bridgehead atoms. The van der Waals surface area contributed by atoms with Crippen molar-refractivity contribution in [2.75, 3.05) is 11.9 Å². The van der Waals surface area contributed by atoms with E-state index in [2.05, 4.69) is 17.4 Å². The summed E-state index contributed by atoms with van der Waals surface area (Å²) in [7, 11) is 0. The van der Waals surface area contributed by atoms with Crippen molar-refractivity contribution in [3.05, 3.63) is 28.8 Å². The number of anilines is 1. The number of nitrogens with one attached hydrogen (secondary N) is 1. The first kappa shape index (κ1) is 14.7. The van der Waals surface area contributed by atoms with Gasteiger partial charge in [0.25, 0.3) is 0 Å². The number of hydrogen-bond acceptors (Lipinski definition) is 2. The molecule has 3 nitrogen and oxygen atoms in total. The van der Waals surface area contributed by atoms with Crippen LogP contribution in [-0.2, 0) is 9.53 Å². The largest absolute Gasteiger partial charge is 0.366 e. The minimum atomic E-state index is -0.297. The van der Waals surface area contributed by atoms with Crippen LogP contribution in [-0.4, -0.2) is 18.1 Å². The molecule has 0 aliphatic carbocycles. The second-order valence-corrected chi connectivity index (χ2v) is 5.72. The molecule has 1 aromatic rings. The fourth-order valence-corrected chi connectivity index (χ4v) is 1.83. The molecule has 0 aliphatic rings. The molecule has 1 N–H and O–H groups in total. The molecule has 0 saturated carbocycles. The third-order valence-electron chi connectivity index (χ3n) is 2.58. The molecule has 18 heavy (non-hydrogen) atoms. The van der Waals surface area contributed by atoms with Gasteiger partial charge in [0.2, 0.25) is 5.91 Å². The van der Waals surface area contributed by atoms with Gasteiger partial charge < -0.3 is 10.1 Å². The van der Waals surface area contributed by atoms with Crippen molar-refractivity contribution in [3.8, 4) is 0 Å². The summed E-state index contributed by atoms with van der Waals surface area (Å²) in [5.41, 5.74) is 3.96. The van der Waals surface area contributed by atoms with Crippen molar-refractivity contribution in [2.45, 2.75) is 47.1 Å². The monoisotopic (exact) mass is 249 g/mol. The number of rotatable bonds is 3. The van der Waals surface area contributed by atoms with E-state index in [9.17, 15) is 4.79 Å².